The summed E-state index contributed by atoms with van der Waals surface area (Å²) in [5.74, 6) is -2.28. The lowest BCUT2D eigenvalue weighted by Crippen LogP contribution is -2.08. The number of ether oxygens (including phenoxy) is 1. The van der Waals surface area contributed by atoms with E-state index in [0.29, 0.717) is 0 Å². The number of aromatic hydroxyl groups is 1. The maximum absolute atomic E-state index is 12.6. The Balaban J connectivity index is 3.36. The van der Waals surface area contributed by atoms with Crippen molar-refractivity contribution in [2.45, 2.75) is 12.8 Å². The Kier molecular flexibility index (Phi) is 3.60. The van der Waals surface area contributed by atoms with E-state index in [4.69, 9.17) is 5.11 Å². The maximum atomic E-state index is 12.6. The van der Waals surface area contributed by atoms with Gasteiger partial charge in [-0.25, -0.2) is 13.8 Å². The molecule has 88 valence electrons. The Hall–Kier alpha value is -1.92. The molecule has 0 aromatic carbocycles. The number of carboxylic acid groups (broad SMARTS) is 1. The summed E-state index contributed by atoms with van der Waals surface area (Å²) < 4.78 is 29.9. The van der Waals surface area contributed by atoms with Gasteiger partial charge in [-0.05, 0) is 0 Å². The van der Waals surface area contributed by atoms with Gasteiger partial charge in [0.2, 0.25) is 5.88 Å². The standard InChI is InChI=1S/C9H9F2NO4/c1-16-9-4(2-6(14)15)7(8(10)11)5(13)3-12-9/h3,8,13H,2H2,1H3,(H,14,15). The number of halogens is 2. The molecule has 0 amide bonds. The average Bonchev–Trinajstić information content (AvgIpc) is 2.16. The lowest BCUT2D eigenvalue weighted by molar-refractivity contribution is -0.136. The monoisotopic (exact) mass is 233 g/mol. The summed E-state index contributed by atoms with van der Waals surface area (Å²) in [5.41, 5.74) is -1.07. The molecular weight excluding hydrogens is 224 g/mol. The van der Waals surface area contributed by atoms with Gasteiger partial charge in [-0.3, -0.25) is 4.79 Å². The largest absolute Gasteiger partial charge is 0.506 e. The normalized spacial score (nSPS) is 10.5. The average molecular weight is 233 g/mol. The highest BCUT2D eigenvalue weighted by molar-refractivity contribution is 5.72. The Morgan fingerprint density at radius 1 is 1.62 bits per heavy atom. The van der Waals surface area contributed by atoms with Gasteiger partial charge in [-0.2, -0.15) is 0 Å². The molecule has 1 heterocycles. The van der Waals surface area contributed by atoms with Gasteiger partial charge < -0.3 is 14.9 Å². The quantitative estimate of drug-likeness (QED) is 0.820. The van der Waals surface area contributed by atoms with Crippen LogP contribution in [0.5, 0.6) is 11.6 Å². The second kappa shape index (κ2) is 4.73. The Morgan fingerprint density at radius 2 is 2.25 bits per heavy atom. The molecule has 0 atom stereocenters. The number of hydrogen-bond acceptors (Lipinski definition) is 4. The first kappa shape index (κ1) is 12.2. The van der Waals surface area contributed by atoms with Crippen LogP contribution in [-0.2, 0) is 11.2 Å². The van der Waals surface area contributed by atoms with Crippen molar-refractivity contribution in [1.29, 1.82) is 0 Å². The van der Waals surface area contributed by atoms with Gasteiger partial charge in [0.25, 0.3) is 6.43 Å². The third-order valence-electron chi connectivity index (χ3n) is 1.90. The molecule has 0 radical (unpaired) electrons. The van der Waals surface area contributed by atoms with Gasteiger partial charge in [0.15, 0.2) is 0 Å². The molecule has 0 aliphatic heterocycles. The fourth-order valence-electron chi connectivity index (χ4n) is 1.28. The van der Waals surface area contributed by atoms with Gasteiger partial charge in [0.05, 0.1) is 25.3 Å². The minimum atomic E-state index is -2.99. The van der Waals surface area contributed by atoms with Gasteiger partial charge in [0.1, 0.15) is 5.75 Å². The molecule has 0 spiro atoms. The SMILES string of the molecule is COc1ncc(O)c(C(F)F)c1CC(=O)O. The van der Waals surface area contributed by atoms with Crippen LogP contribution < -0.4 is 4.74 Å². The highest BCUT2D eigenvalue weighted by atomic mass is 19.3. The van der Waals surface area contributed by atoms with Crippen molar-refractivity contribution in [3.05, 3.63) is 17.3 Å². The van der Waals surface area contributed by atoms with Crippen molar-refractivity contribution in [3.8, 4) is 11.6 Å². The minimum absolute atomic E-state index is 0.226. The summed E-state index contributed by atoms with van der Waals surface area (Å²) in [4.78, 5) is 14.0. The van der Waals surface area contributed by atoms with Gasteiger partial charge in [-0.15, -0.1) is 0 Å². The van der Waals surface area contributed by atoms with E-state index in [1.165, 1.54) is 7.11 Å². The van der Waals surface area contributed by atoms with Crippen molar-refractivity contribution in [2.75, 3.05) is 7.11 Å². The summed E-state index contributed by atoms with van der Waals surface area (Å²) in [6.07, 6.45) is -2.89. The molecule has 16 heavy (non-hydrogen) atoms. The van der Waals surface area contributed by atoms with E-state index in [2.05, 4.69) is 9.72 Å². The lowest BCUT2D eigenvalue weighted by atomic mass is 10.1. The van der Waals surface area contributed by atoms with Crippen LogP contribution in [0, 0.1) is 0 Å². The Labute approximate surface area is 89.3 Å². The summed E-state index contributed by atoms with van der Waals surface area (Å²) in [6, 6.07) is 0. The van der Waals surface area contributed by atoms with Gasteiger partial charge in [0, 0.05) is 5.56 Å². The first-order valence-electron chi connectivity index (χ1n) is 4.22. The fourth-order valence-corrected chi connectivity index (χ4v) is 1.28. The zero-order valence-electron chi connectivity index (χ0n) is 8.28. The van der Waals surface area contributed by atoms with Crippen LogP contribution in [0.3, 0.4) is 0 Å². The zero-order chi connectivity index (χ0) is 12.3. The van der Waals surface area contributed by atoms with E-state index in [1.807, 2.05) is 0 Å². The first-order valence-corrected chi connectivity index (χ1v) is 4.22. The Bertz CT molecular complexity index is 409. The van der Waals surface area contributed by atoms with Gasteiger partial charge >= 0.3 is 5.97 Å². The van der Waals surface area contributed by atoms with Crippen molar-refractivity contribution in [3.63, 3.8) is 0 Å². The molecule has 0 unspecified atom stereocenters. The van der Waals surface area contributed by atoms with Crippen LogP contribution >= 0.6 is 0 Å². The molecule has 0 saturated carbocycles. The molecule has 0 fully saturated rings. The van der Waals surface area contributed by atoms with Crippen LogP contribution in [0.25, 0.3) is 0 Å². The van der Waals surface area contributed by atoms with Crippen LogP contribution in [0.2, 0.25) is 0 Å². The molecular formula is C9H9F2NO4. The highest BCUT2D eigenvalue weighted by Crippen LogP contribution is 2.35. The third kappa shape index (κ3) is 2.36. The van der Waals surface area contributed by atoms with E-state index >= 15 is 0 Å². The predicted molar refractivity (Wildman–Crippen MR) is 48.8 cm³/mol. The summed E-state index contributed by atoms with van der Waals surface area (Å²) in [6.45, 7) is 0. The first-order chi connectivity index (χ1) is 7.47. The Morgan fingerprint density at radius 3 is 2.69 bits per heavy atom. The van der Waals surface area contributed by atoms with Gasteiger partial charge in [-0.1, -0.05) is 0 Å². The smallest absolute Gasteiger partial charge is 0.308 e. The number of carbonyl (C=O) groups is 1. The zero-order valence-corrected chi connectivity index (χ0v) is 8.28. The van der Waals surface area contributed by atoms with E-state index in [-0.39, 0.29) is 11.4 Å². The van der Waals surface area contributed by atoms with Crippen LogP contribution in [0.4, 0.5) is 8.78 Å². The van der Waals surface area contributed by atoms with Crippen molar-refractivity contribution in [1.82, 2.24) is 4.98 Å². The molecule has 7 heteroatoms. The third-order valence-corrected chi connectivity index (χ3v) is 1.90. The molecule has 1 aromatic heterocycles. The molecule has 1 aromatic rings. The molecule has 0 bridgehead atoms. The number of aromatic nitrogens is 1. The van der Waals surface area contributed by atoms with Crippen LogP contribution in [0.1, 0.15) is 17.6 Å². The second-order valence-electron chi connectivity index (χ2n) is 2.92. The topological polar surface area (TPSA) is 79.7 Å². The van der Waals surface area contributed by atoms with E-state index in [0.717, 1.165) is 6.20 Å². The number of methoxy groups -OCH3 is 1. The van der Waals surface area contributed by atoms with E-state index in [1.54, 1.807) is 0 Å². The van der Waals surface area contributed by atoms with E-state index < -0.39 is 30.1 Å². The summed E-state index contributed by atoms with van der Waals surface area (Å²) in [5, 5.41) is 17.8. The van der Waals surface area contributed by atoms with Crippen molar-refractivity contribution >= 4 is 5.97 Å². The molecule has 2 N–H and O–H groups in total. The lowest BCUT2D eigenvalue weighted by Gasteiger charge is -2.12. The molecule has 0 aliphatic rings. The molecule has 5 nitrogen and oxygen atoms in total. The maximum Gasteiger partial charge on any atom is 0.308 e. The number of carboxylic acids is 1. The number of aliphatic carboxylic acids is 1. The second-order valence-corrected chi connectivity index (χ2v) is 2.92. The highest BCUT2D eigenvalue weighted by Gasteiger charge is 2.24. The van der Waals surface area contributed by atoms with E-state index in [9.17, 15) is 18.7 Å². The van der Waals surface area contributed by atoms with Crippen LogP contribution in [-0.4, -0.2) is 28.3 Å². The minimum Gasteiger partial charge on any atom is -0.506 e. The van der Waals surface area contributed by atoms with Crippen molar-refractivity contribution < 1.29 is 28.5 Å². The number of rotatable bonds is 4. The molecule has 1 rings (SSSR count). The number of alkyl halides is 2. The summed E-state index contributed by atoms with van der Waals surface area (Å²) in [7, 11) is 1.18. The van der Waals surface area contributed by atoms with Crippen LogP contribution in [0.15, 0.2) is 6.20 Å². The predicted octanol–water partition coefficient (Wildman–Crippen LogP) is 1.36. The molecule has 0 aliphatic carbocycles. The fraction of sp³-hybridized carbons (Fsp3) is 0.333. The summed E-state index contributed by atoms with van der Waals surface area (Å²) >= 11 is 0. The van der Waals surface area contributed by atoms with Crippen molar-refractivity contribution in [2.24, 2.45) is 0 Å². The number of pyridine rings is 1. The number of nitrogens with zero attached hydrogens (tertiary/aromatic N) is 1. The molecule has 0 saturated heterocycles. The number of hydrogen-bond donors (Lipinski definition) is 2.